The molecule has 2 aromatic rings. The number of rotatable bonds is 6. The van der Waals surface area contributed by atoms with Crippen LogP contribution in [-0.4, -0.2) is 15.7 Å². The molecule has 27 heavy (non-hydrogen) atoms. The minimum atomic E-state index is -4.57. The number of carbonyl (C=O) groups is 1. The van der Waals surface area contributed by atoms with Crippen molar-refractivity contribution in [2.45, 2.75) is 57.3 Å². The van der Waals surface area contributed by atoms with Crippen LogP contribution in [0.4, 0.5) is 13.2 Å². The number of nitrogens with one attached hydrogen (secondary N) is 1. The SMILES string of the molecule is CCC(NC(=O)C(C)n1nc(C(F)(F)F)c(Br)c1C1CC1)c1ccccc1. The van der Waals surface area contributed by atoms with Crippen LogP contribution in [0.3, 0.4) is 0 Å². The Morgan fingerprint density at radius 2 is 1.96 bits per heavy atom. The van der Waals surface area contributed by atoms with E-state index in [0.29, 0.717) is 12.1 Å². The van der Waals surface area contributed by atoms with E-state index in [1.807, 2.05) is 37.3 Å². The van der Waals surface area contributed by atoms with Crippen LogP contribution in [0.15, 0.2) is 34.8 Å². The zero-order chi connectivity index (χ0) is 19.8. The van der Waals surface area contributed by atoms with Gasteiger partial charge >= 0.3 is 6.18 Å². The van der Waals surface area contributed by atoms with Crippen molar-refractivity contribution in [3.8, 4) is 0 Å². The van der Waals surface area contributed by atoms with Crippen molar-refractivity contribution in [2.24, 2.45) is 0 Å². The smallest absolute Gasteiger partial charge is 0.347 e. The Morgan fingerprint density at radius 1 is 1.33 bits per heavy atom. The summed E-state index contributed by atoms with van der Waals surface area (Å²) in [5, 5.41) is 6.69. The first-order valence-electron chi connectivity index (χ1n) is 8.94. The Labute approximate surface area is 164 Å². The van der Waals surface area contributed by atoms with Gasteiger partial charge in [0.25, 0.3) is 0 Å². The fourth-order valence-corrected chi connectivity index (χ4v) is 3.95. The molecule has 1 saturated carbocycles. The maximum Gasteiger partial charge on any atom is 0.436 e. The number of amides is 1. The summed E-state index contributed by atoms with van der Waals surface area (Å²) in [6.45, 7) is 3.53. The highest BCUT2D eigenvalue weighted by Crippen LogP contribution is 2.47. The van der Waals surface area contributed by atoms with Gasteiger partial charge in [0, 0.05) is 5.92 Å². The van der Waals surface area contributed by atoms with Gasteiger partial charge in [-0.2, -0.15) is 18.3 Å². The number of alkyl halides is 3. The molecular formula is C19H21BrF3N3O. The molecule has 2 atom stereocenters. The highest BCUT2D eigenvalue weighted by Gasteiger charge is 2.43. The predicted molar refractivity (Wildman–Crippen MR) is 99.2 cm³/mol. The lowest BCUT2D eigenvalue weighted by molar-refractivity contribution is -0.142. The van der Waals surface area contributed by atoms with Crippen LogP contribution in [0, 0.1) is 0 Å². The number of hydrogen-bond donors (Lipinski definition) is 1. The second kappa shape index (κ2) is 7.66. The summed E-state index contributed by atoms with van der Waals surface area (Å²) in [6, 6.07) is 8.46. The van der Waals surface area contributed by atoms with E-state index in [0.717, 1.165) is 18.4 Å². The predicted octanol–water partition coefficient (Wildman–Crippen LogP) is 5.37. The molecular weight excluding hydrogens is 423 g/mol. The maximum absolute atomic E-state index is 13.3. The van der Waals surface area contributed by atoms with Gasteiger partial charge in [0.15, 0.2) is 5.69 Å². The van der Waals surface area contributed by atoms with Crippen molar-refractivity contribution in [3.05, 3.63) is 51.8 Å². The summed E-state index contributed by atoms with van der Waals surface area (Å²) in [7, 11) is 0. The van der Waals surface area contributed by atoms with Crippen LogP contribution in [0.2, 0.25) is 0 Å². The molecule has 0 aliphatic heterocycles. The number of halogens is 4. The molecule has 0 radical (unpaired) electrons. The van der Waals surface area contributed by atoms with E-state index >= 15 is 0 Å². The van der Waals surface area contributed by atoms with Crippen LogP contribution in [0.1, 0.15) is 68.1 Å². The van der Waals surface area contributed by atoms with Gasteiger partial charge in [0.05, 0.1) is 16.2 Å². The third-order valence-corrected chi connectivity index (χ3v) is 5.57. The third kappa shape index (κ3) is 4.20. The minimum Gasteiger partial charge on any atom is -0.347 e. The quantitative estimate of drug-likeness (QED) is 0.651. The molecule has 2 unspecified atom stereocenters. The lowest BCUT2D eigenvalue weighted by atomic mass is 10.0. The van der Waals surface area contributed by atoms with Crippen LogP contribution in [-0.2, 0) is 11.0 Å². The molecule has 1 aromatic heterocycles. The molecule has 1 fully saturated rings. The van der Waals surface area contributed by atoms with E-state index in [1.165, 1.54) is 4.68 Å². The van der Waals surface area contributed by atoms with Gasteiger partial charge in [-0.3, -0.25) is 9.48 Å². The van der Waals surface area contributed by atoms with Crippen LogP contribution < -0.4 is 5.32 Å². The Balaban J connectivity index is 1.86. The molecule has 1 N–H and O–H groups in total. The average molecular weight is 444 g/mol. The van der Waals surface area contributed by atoms with Gasteiger partial charge in [-0.1, -0.05) is 37.3 Å². The first kappa shape index (κ1) is 19.9. The van der Waals surface area contributed by atoms with E-state index in [1.54, 1.807) is 6.92 Å². The largest absolute Gasteiger partial charge is 0.436 e. The molecule has 1 heterocycles. The normalized spacial score (nSPS) is 16.8. The zero-order valence-corrected chi connectivity index (χ0v) is 16.6. The summed E-state index contributed by atoms with van der Waals surface area (Å²) in [6.07, 6.45) is -2.29. The fourth-order valence-electron chi connectivity index (χ4n) is 3.14. The monoisotopic (exact) mass is 443 g/mol. The molecule has 4 nitrogen and oxygen atoms in total. The standard InChI is InChI=1S/C19H21BrF3N3O/c1-3-14(12-7-5-4-6-8-12)24-18(27)11(2)26-16(13-9-10-13)15(20)17(25-26)19(21,22)23/h4-8,11,13-14H,3,9-10H2,1-2H3,(H,24,27). The van der Waals surface area contributed by atoms with Crippen molar-refractivity contribution in [3.63, 3.8) is 0 Å². The molecule has 1 aliphatic carbocycles. The molecule has 0 bridgehead atoms. The van der Waals surface area contributed by atoms with Crippen molar-refractivity contribution < 1.29 is 18.0 Å². The molecule has 1 amide bonds. The molecule has 1 aromatic carbocycles. The van der Waals surface area contributed by atoms with Crippen LogP contribution in [0.25, 0.3) is 0 Å². The van der Waals surface area contributed by atoms with Crippen LogP contribution in [0.5, 0.6) is 0 Å². The lowest BCUT2D eigenvalue weighted by Crippen LogP contribution is -2.35. The van der Waals surface area contributed by atoms with Crippen LogP contribution >= 0.6 is 15.9 Å². The van der Waals surface area contributed by atoms with Crippen molar-refractivity contribution >= 4 is 21.8 Å². The van der Waals surface area contributed by atoms with Gasteiger partial charge in [-0.15, -0.1) is 0 Å². The van der Waals surface area contributed by atoms with Crippen molar-refractivity contribution in [2.75, 3.05) is 0 Å². The topological polar surface area (TPSA) is 46.9 Å². The summed E-state index contributed by atoms with van der Waals surface area (Å²) >= 11 is 3.06. The summed E-state index contributed by atoms with van der Waals surface area (Å²) in [5.41, 5.74) is 0.442. The molecule has 8 heteroatoms. The van der Waals surface area contributed by atoms with Crippen molar-refractivity contribution in [1.29, 1.82) is 0 Å². The summed E-state index contributed by atoms with van der Waals surface area (Å²) in [5.74, 6) is -0.342. The lowest BCUT2D eigenvalue weighted by Gasteiger charge is -2.21. The third-order valence-electron chi connectivity index (χ3n) is 4.79. The van der Waals surface area contributed by atoms with E-state index in [4.69, 9.17) is 0 Å². The summed E-state index contributed by atoms with van der Waals surface area (Å²) in [4.78, 5) is 12.8. The van der Waals surface area contributed by atoms with Gasteiger partial charge in [-0.05, 0) is 47.7 Å². The molecule has 3 rings (SSSR count). The zero-order valence-electron chi connectivity index (χ0n) is 15.1. The number of nitrogens with zero attached hydrogens (tertiary/aromatic N) is 2. The second-order valence-electron chi connectivity index (χ2n) is 6.82. The Morgan fingerprint density at radius 3 is 2.48 bits per heavy atom. The molecule has 0 spiro atoms. The number of benzene rings is 1. The van der Waals surface area contributed by atoms with E-state index < -0.39 is 17.9 Å². The van der Waals surface area contributed by atoms with Gasteiger partial charge in [0.1, 0.15) is 6.04 Å². The highest BCUT2D eigenvalue weighted by atomic mass is 79.9. The first-order chi connectivity index (χ1) is 12.7. The first-order valence-corrected chi connectivity index (χ1v) is 9.73. The van der Waals surface area contributed by atoms with Gasteiger partial charge in [0.2, 0.25) is 5.91 Å². The molecule has 0 saturated heterocycles. The van der Waals surface area contributed by atoms with E-state index in [-0.39, 0.29) is 22.3 Å². The number of hydrogen-bond acceptors (Lipinski definition) is 2. The number of carbonyl (C=O) groups excluding carboxylic acids is 1. The minimum absolute atomic E-state index is 0.00863. The maximum atomic E-state index is 13.3. The fraction of sp³-hybridized carbons (Fsp3) is 0.474. The Hall–Kier alpha value is -1.83. The summed E-state index contributed by atoms with van der Waals surface area (Å²) < 4.78 is 41.0. The molecule has 1 aliphatic rings. The van der Waals surface area contributed by atoms with Gasteiger partial charge in [-0.25, -0.2) is 0 Å². The van der Waals surface area contributed by atoms with E-state index in [2.05, 4.69) is 26.3 Å². The molecule has 146 valence electrons. The Kier molecular flexibility index (Phi) is 5.65. The average Bonchev–Trinajstić information content (AvgIpc) is 3.40. The van der Waals surface area contributed by atoms with E-state index in [9.17, 15) is 18.0 Å². The second-order valence-corrected chi connectivity index (χ2v) is 7.61. The van der Waals surface area contributed by atoms with Gasteiger partial charge < -0.3 is 5.32 Å². The Bertz CT molecular complexity index is 816. The van der Waals surface area contributed by atoms with Crippen molar-refractivity contribution in [1.82, 2.24) is 15.1 Å². The highest BCUT2D eigenvalue weighted by molar-refractivity contribution is 9.10. The number of aromatic nitrogens is 2.